The number of halogens is 2. The number of ether oxygens (including phenoxy) is 2. The zero-order valence-electron chi connectivity index (χ0n) is 18.2. The first-order chi connectivity index (χ1) is 16.9. The van der Waals surface area contributed by atoms with E-state index >= 15 is 0 Å². The quantitative estimate of drug-likeness (QED) is 0.254. The monoisotopic (exact) mass is 588 g/mol. The van der Waals surface area contributed by atoms with Crippen LogP contribution >= 0.6 is 22.6 Å². The third kappa shape index (κ3) is 5.57. The van der Waals surface area contributed by atoms with Gasteiger partial charge in [0.2, 0.25) is 0 Å². The summed E-state index contributed by atoms with van der Waals surface area (Å²) >= 11 is 2.01. The first-order valence-electron chi connectivity index (χ1n) is 10.2. The highest BCUT2D eigenvalue weighted by Crippen LogP contribution is 2.33. The molecule has 178 valence electrons. The number of nitrogens with one attached hydrogen (secondary N) is 2. The average molecular weight is 588 g/mol. The van der Waals surface area contributed by atoms with Gasteiger partial charge in [-0.1, -0.05) is 12.1 Å². The van der Waals surface area contributed by atoms with Crippen LogP contribution in [-0.4, -0.2) is 35.5 Å². The van der Waals surface area contributed by atoms with Gasteiger partial charge in [0.25, 0.3) is 11.5 Å². The molecule has 0 spiro atoms. The number of fused-ring (bicyclic) bond motifs is 1. The summed E-state index contributed by atoms with van der Waals surface area (Å²) < 4.78 is 25.4. The minimum absolute atomic E-state index is 0.307. The smallest absolute Gasteiger partial charge is 0.349 e. The van der Waals surface area contributed by atoms with E-state index < -0.39 is 23.0 Å². The standard InChI is InChI=1S/C24H18FIN4O5/c1-34-20-11-14(12-27-30-23(32)17-4-2-3-5-19(17)29-24(30)33)10-18(26)22(20)35-13-21(31)28-16-8-6-15(25)7-9-16/h2-12H,13H2,1H3,(H,28,31)(H,29,33). The fourth-order valence-electron chi connectivity index (χ4n) is 3.20. The van der Waals surface area contributed by atoms with Gasteiger partial charge < -0.3 is 19.8 Å². The Morgan fingerprint density at radius 2 is 1.91 bits per heavy atom. The summed E-state index contributed by atoms with van der Waals surface area (Å²) in [6, 6.07) is 15.3. The molecule has 0 fully saturated rings. The number of carbonyl (C=O) groups is 1. The van der Waals surface area contributed by atoms with Crippen LogP contribution in [0.2, 0.25) is 0 Å². The van der Waals surface area contributed by atoms with Crippen LogP contribution in [0.3, 0.4) is 0 Å². The Hall–Kier alpha value is -4.00. The molecule has 3 aromatic carbocycles. The maximum absolute atomic E-state index is 13.0. The number of hydrogen-bond acceptors (Lipinski definition) is 6. The van der Waals surface area contributed by atoms with Crippen LogP contribution in [0.15, 0.2) is 75.4 Å². The van der Waals surface area contributed by atoms with Crippen molar-refractivity contribution in [3.63, 3.8) is 0 Å². The van der Waals surface area contributed by atoms with E-state index in [4.69, 9.17) is 9.47 Å². The zero-order valence-corrected chi connectivity index (χ0v) is 20.4. The fraction of sp³-hybridized carbons (Fsp3) is 0.0833. The molecule has 0 aliphatic heterocycles. The van der Waals surface area contributed by atoms with Crippen molar-refractivity contribution in [1.29, 1.82) is 0 Å². The number of H-pyrrole nitrogens is 1. The summed E-state index contributed by atoms with van der Waals surface area (Å²) in [5.74, 6) is -0.180. The Balaban J connectivity index is 1.53. The lowest BCUT2D eigenvalue weighted by molar-refractivity contribution is -0.118. The highest BCUT2D eigenvalue weighted by molar-refractivity contribution is 14.1. The van der Waals surface area contributed by atoms with Crippen LogP contribution in [-0.2, 0) is 4.79 Å². The first kappa shape index (κ1) is 24.1. The van der Waals surface area contributed by atoms with Gasteiger partial charge in [-0.05, 0) is 76.7 Å². The number of methoxy groups -OCH3 is 1. The number of aromatic amines is 1. The van der Waals surface area contributed by atoms with E-state index in [1.54, 1.807) is 36.4 Å². The third-order valence-electron chi connectivity index (χ3n) is 4.83. The Morgan fingerprint density at radius 1 is 1.17 bits per heavy atom. The summed E-state index contributed by atoms with van der Waals surface area (Å²) in [5, 5.41) is 6.99. The van der Waals surface area contributed by atoms with E-state index in [1.165, 1.54) is 37.6 Å². The minimum atomic E-state index is -0.668. The van der Waals surface area contributed by atoms with Crippen LogP contribution in [0.25, 0.3) is 10.9 Å². The van der Waals surface area contributed by atoms with E-state index in [2.05, 4.69) is 15.4 Å². The Morgan fingerprint density at radius 3 is 2.66 bits per heavy atom. The second-order valence-electron chi connectivity index (χ2n) is 7.22. The predicted octanol–water partition coefficient (Wildman–Crippen LogP) is 3.34. The zero-order chi connectivity index (χ0) is 24.9. The lowest BCUT2D eigenvalue weighted by Gasteiger charge is -2.13. The molecule has 11 heteroatoms. The summed E-state index contributed by atoms with van der Waals surface area (Å²) in [6.45, 7) is -0.307. The molecule has 4 aromatic rings. The van der Waals surface area contributed by atoms with Gasteiger partial charge in [-0.2, -0.15) is 5.10 Å². The van der Waals surface area contributed by atoms with Crippen LogP contribution < -0.4 is 26.0 Å². The third-order valence-corrected chi connectivity index (χ3v) is 5.63. The number of rotatable bonds is 7. The maximum Gasteiger partial charge on any atom is 0.349 e. The molecular formula is C24H18FIN4O5. The van der Waals surface area contributed by atoms with Crippen molar-refractivity contribution in [1.82, 2.24) is 9.66 Å². The second-order valence-corrected chi connectivity index (χ2v) is 8.38. The maximum atomic E-state index is 13.0. The number of hydrogen-bond donors (Lipinski definition) is 2. The summed E-state index contributed by atoms with van der Waals surface area (Å²) in [6.07, 6.45) is 1.35. The molecule has 0 aliphatic rings. The Kier molecular flexibility index (Phi) is 7.25. The molecule has 0 unspecified atom stereocenters. The van der Waals surface area contributed by atoms with E-state index in [1.807, 2.05) is 22.6 Å². The predicted molar refractivity (Wildman–Crippen MR) is 138 cm³/mol. The lowest BCUT2D eigenvalue weighted by atomic mass is 10.2. The van der Waals surface area contributed by atoms with Gasteiger partial charge in [-0.25, -0.2) is 9.18 Å². The Labute approximate surface area is 211 Å². The lowest BCUT2D eigenvalue weighted by Crippen LogP contribution is -2.32. The molecule has 2 N–H and O–H groups in total. The molecule has 1 aromatic heterocycles. The average Bonchev–Trinajstić information content (AvgIpc) is 2.84. The van der Waals surface area contributed by atoms with Gasteiger partial charge in [0.05, 0.1) is 27.8 Å². The topological polar surface area (TPSA) is 115 Å². The molecule has 0 bridgehead atoms. The van der Waals surface area contributed by atoms with Gasteiger partial charge in [-0.15, -0.1) is 4.68 Å². The van der Waals surface area contributed by atoms with E-state index in [9.17, 15) is 18.8 Å². The normalized spacial score (nSPS) is 11.1. The number of nitrogens with zero attached hydrogens (tertiary/aromatic N) is 2. The number of anilines is 1. The molecule has 4 rings (SSSR count). The van der Waals surface area contributed by atoms with Crippen molar-refractivity contribution in [3.8, 4) is 11.5 Å². The van der Waals surface area contributed by atoms with Crippen LogP contribution in [0.5, 0.6) is 11.5 Å². The molecule has 0 saturated heterocycles. The van der Waals surface area contributed by atoms with Gasteiger partial charge in [-0.3, -0.25) is 9.59 Å². The molecule has 0 saturated carbocycles. The molecule has 0 atom stereocenters. The molecule has 1 amide bonds. The van der Waals surface area contributed by atoms with Crippen molar-refractivity contribution in [3.05, 3.63) is 96.5 Å². The van der Waals surface area contributed by atoms with E-state index in [0.29, 0.717) is 37.2 Å². The summed E-state index contributed by atoms with van der Waals surface area (Å²) in [5.41, 5.74) is 0.184. The van der Waals surface area contributed by atoms with Gasteiger partial charge >= 0.3 is 5.69 Å². The molecule has 1 heterocycles. The van der Waals surface area contributed by atoms with Crippen molar-refractivity contribution in [2.75, 3.05) is 19.0 Å². The van der Waals surface area contributed by atoms with Crippen molar-refractivity contribution in [2.45, 2.75) is 0 Å². The fourth-order valence-corrected chi connectivity index (χ4v) is 3.99. The molecule has 35 heavy (non-hydrogen) atoms. The number of amides is 1. The SMILES string of the molecule is COc1cc(C=Nn2c(=O)[nH]c3ccccc3c2=O)cc(I)c1OCC(=O)Nc1ccc(F)cc1. The van der Waals surface area contributed by atoms with Crippen LogP contribution in [0.4, 0.5) is 10.1 Å². The van der Waals surface area contributed by atoms with Crippen molar-refractivity contribution >= 4 is 51.3 Å². The Bertz CT molecular complexity index is 1550. The van der Waals surface area contributed by atoms with Gasteiger partial charge in [0, 0.05) is 5.69 Å². The van der Waals surface area contributed by atoms with Crippen LogP contribution in [0, 0.1) is 9.39 Å². The summed E-state index contributed by atoms with van der Waals surface area (Å²) in [7, 11) is 1.44. The highest BCUT2D eigenvalue weighted by atomic mass is 127. The molecule has 0 radical (unpaired) electrons. The summed E-state index contributed by atoms with van der Waals surface area (Å²) in [4.78, 5) is 39.8. The number of carbonyl (C=O) groups excluding carboxylic acids is 1. The van der Waals surface area contributed by atoms with E-state index in [0.717, 1.165) is 4.68 Å². The van der Waals surface area contributed by atoms with Crippen LogP contribution in [0.1, 0.15) is 5.56 Å². The second kappa shape index (κ2) is 10.5. The molecular weight excluding hydrogens is 570 g/mol. The van der Waals surface area contributed by atoms with Gasteiger partial charge in [0.1, 0.15) is 5.82 Å². The number of benzene rings is 3. The largest absolute Gasteiger partial charge is 0.493 e. The first-order valence-corrected chi connectivity index (χ1v) is 11.3. The molecule has 9 nitrogen and oxygen atoms in total. The highest BCUT2D eigenvalue weighted by Gasteiger charge is 2.14. The molecule has 0 aliphatic carbocycles. The van der Waals surface area contributed by atoms with E-state index in [-0.39, 0.29) is 6.61 Å². The van der Waals surface area contributed by atoms with Crippen molar-refractivity contribution in [2.24, 2.45) is 5.10 Å². The number of para-hydroxylation sites is 1. The van der Waals surface area contributed by atoms with Gasteiger partial charge in [0.15, 0.2) is 18.1 Å². The number of aromatic nitrogens is 2. The van der Waals surface area contributed by atoms with Crippen molar-refractivity contribution < 1.29 is 18.7 Å². The minimum Gasteiger partial charge on any atom is -0.493 e.